The van der Waals surface area contributed by atoms with Gasteiger partial charge in [0.25, 0.3) is 0 Å². The van der Waals surface area contributed by atoms with Crippen LogP contribution in [0.25, 0.3) is 11.2 Å². The lowest BCUT2D eigenvalue weighted by Crippen LogP contribution is -2.45. The standard InChI is InChI=1S/C17H24F3N3O2Si/c1-26(2,3)9-8-25-11-23-7-6-13-15(23)21-10-14(22-13)16(24,12-4-5-12)17(18,19)20/h6-7,10,12,24H,4-5,8-9,11H2,1-3H3. The van der Waals surface area contributed by atoms with Gasteiger partial charge in [0, 0.05) is 26.8 Å². The molecule has 0 radical (unpaired) electrons. The van der Waals surface area contributed by atoms with Gasteiger partial charge in [0.15, 0.2) is 5.65 Å². The summed E-state index contributed by atoms with van der Waals surface area (Å²) < 4.78 is 47.7. The Hall–Kier alpha value is -1.45. The van der Waals surface area contributed by atoms with Crippen molar-refractivity contribution in [3.05, 3.63) is 24.2 Å². The second-order valence-electron chi connectivity index (χ2n) is 8.14. The number of ether oxygens (including phenoxy) is 1. The zero-order chi connectivity index (χ0) is 19.2. The molecule has 1 aliphatic carbocycles. The van der Waals surface area contributed by atoms with Crippen molar-refractivity contribution in [2.24, 2.45) is 5.92 Å². The number of alkyl halides is 3. The molecule has 1 saturated carbocycles. The Morgan fingerprint density at radius 2 is 2.00 bits per heavy atom. The van der Waals surface area contributed by atoms with Crippen molar-refractivity contribution in [2.75, 3.05) is 6.61 Å². The molecule has 1 N–H and O–H groups in total. The largest absolute Gasteiger partial charge is 0.423 e. The maximum atomic E-state index is 13.4. The predicted molar refractivity (Wildman–Crippen MR) is 94.3 cm³/mol. The molecule has 144 valence electrons. The first-order valence-electron chi connectivity index (χ1n) is 8.71. The van der Waals surface area contributed by atoms with Gasteiger partial charge in [0.1, 0.15) is 17.9 Å². The third kappa shape index (κ3) is 3.79. The number of hydrogen-bond donors (Lipinski definition) is 1. The molecule has 1 aliphatic rings. The number of rotatable bonds is 7. The van der Waals surface area contributed by atoms with Gasteiger partial charge in [-0.05, 0) is 25.0 Å². The van der Waals surface area contributed by atoms with Crippen LogP contribution in [0, 0.1) is 5.92 Å². The first-order valence-corrected chi connectivity index (χ1v) is 12.4. The summed E-state index contributed by atoms with van der Waals surface area (Å²) >= 11 is 0. The second-order valence-corrected chi connectivity index (χ2v) is 13.8. The molecule has 0 saturated heterocycles. The minimum Gasteiger partial charge on any atom is -0.375 e. The fourth-order valence-electron chi connectivity index (χ4n) is 2.88. The van der Waals surface area contributed by atoms with E-state index in [1.807, 2.05) is 0 Å². The molecule has 0 amide bonds. The molecule has 26 heavy (non-hydrogen) atoms. The van der Waals surface area contributed by atoms with Crippen LogP contribution < -0.4 is 0 Å². The van der Waals surface area contributed by atoms with E-state index in [0.717, 1.165) is 12.2 Å². The van der Waals surface area contributed by atoms with E-state index in [0.29, 0.717) is 30.6 Å². The van der Waals surface area contributed by atoms with Gasteiger partial charge in [0.2, 0.25) is 5.60 Å². The summed E-state index contributed by atoms with van der Waals surface area (Å²) in [5.74, 6) is -0.846. The molecule has 1 atom stereocenters. The molecular formula is C17H24F3N3O2Si. The van der Waals surface area contributed by atoms with E-state index in [4.69, 9.17) is 4.74 Å². The maximum absolute atomic E-state index is 13.4. The van der Waals surface area contributed by atoms with Crippen LogP contribution in [0.15, 0.2) is 18.5 Å². The van der Waals surface area contributed by atoms with Crippen LogP contribution in [0.3, 0.4) is 0 Å². The van der Waals surface area contributed by atoms with E-state index in [1.165, 1.54) is 0 Å². The predicted octanol–water partition coefficient (Wildman–Crippen LogP) is 3.90. The van der Waals surface area contributed by atoms with Gasteiger partial charge in [0.05, 0.1) is 6.20 Å². The molecule has 0 spiro atoms. The lowest BCUT2D eigenvalue weighted by molar-refractivity contribution is -0.277. The third-order valence-electron chi connectivity index (χ3n) is 4.68. The van der Waals surface area contributed by atoms with E-state index in [2.05, 4.69) is 29.6 Å². The average molecular weight is 387 g/mol. The van der Waals surface area contributed by atoms with Crippen molar-refractivity contribution in [3.8, 4) is 0 Å². The summed E-state index contributed by atoms with van der Waals surface area (Å²) in [6.45, 7) is 7.69. The third-order valence-corrected chi connectivity index (χ3v) is 6.39. The number of aliphatic hydroxyl groups is 1. The normalized spacial score (nSPS) is 18.3. The Bertz CT molecular complexity index is 784. The van der Waals surface area contributed by atoms with Crippen molar-refractivity contribution in [3.63, 3.8) is 0 Å². The van der Waals surface area contributed by atoms with E-state index < -0.39 is 31.5 Å². The van der Waals surface area contributed by atoms with Crippen LogP contribution in [0.4, 0.5) is 13.2 Å². The van der Waals surface area contributed by atoms with Crippen molar-refractivity contribution in [1.29, 1.82) is 0 Å². The monoisotopic (exact) mass is 387 g/mol. The van der Waals surface area contributed by atoms with Crippen LogP contribution in [0.2, 0.25) is 25.7 Å². The van der Waals surface area contributed by atoms with Crippen molar-refractivity contribution in [1.82, 2.24) is 14.5 Å². The van der Waals surface area contributed by atoms with Crippen LogP contribution in [0.1, 0.15) is 18.5 Å². The number of fused-ring (bicyclic) bond motifs is 1. The molecule has 3 rings (SSSR count). The number of aromatic nitrogens is 3. The highest BCUT2D eigenvalue weighted by Crippen LogP contribution is 2.53. The van der Waals surface area contributed by atoms with E-state index in [-0.39, 0.29) is 6.73 Å². The minimum absolute atomic E-state index is 0.272. The molecule has 2 heterocycles. The minimum atomic E-state index is -4.78. The van der Waals surface area contributed by atoms with Crippen LogP contribution >= 0.6 is 0 Å². The lowest BCUT2D eigenvalue weighted by atomic mass is 9.93. The smallest absolute Gasteiger partial charge is 0.375 e. The highest BCUT2D eigenvalue weighted by Gasteiger charge is 2.64. The van der Waals surface area contributed by atoms with Gasteiger partial charge in [-0.15, -0.1) is 0 Å². The highest BCUT2D eigenvalue weighted by molar-refractivity contribution is 6.76. The summed E-state index contributed by atoms with van der Waals surface area (Å²) in [6, 6.07) is 2.62. The number of halogens is 3. The molecule has 0 bridgehead atoms. The Morgan fingerprint density at radius 3 is 2.58 bits per heavy atom. The lowest BCUT2D eigenvalue weighted by Gasteiger charge is -2.29. The molecule has 0 aliphatic heterocycles. The van der Waals surface area contributed by atoms with E-state index in [1.54, 1.807) is 16.8 Å². The van der Waals surface area contributed by atoms with Crippen molar-refractivity contribution < 1.29 is 23.0 Å². The average Bonchev–Trinajstić information content (AvgIpc) is 3.30. The van der Waals surface area contributed by atoms with Gasteiger partial charge in [-0.1, -0.05) is 19.6 Å². The van der Waals surface area contributed by atoms with Crippen molar-refractivity contribution in [2.45, 2.75) is 57.0 Å². The SMILES string of the molecule is C[Si](C)(C)CCOCn1ccc2nc(C(O)(C3CC3)C(F)(F)F)cnc21. The van der Waals surface area contributed by atoms with Gasteiger partial charge in [-0.3, -0.25) is 0 Å². The Kier molecular flexibility index (Phi) is 4.91. The first-order chi connectivity index (χ1) is 12.0. The summed E-state index contributed by atoms with van der Waals surface area (Å²) in [4.78, 5) is 8.19. The zero-order valence-corrected chi connectivity index (χ0v) is 16.2. The van der Waals surface area contributed by atoms with E-state index in [9.17, 15) is 18.3 Å². The molecule has 0 aromatic carbocycles. The highest BCUT2D eigenvalue weighted by atomic mass is 28.3. The first kappa shape index (κ1) is 19.3. The van der Waals surface area contributed by atoms with Gasteiger partial charge >= 0.3 is 6.18 Å². The van der Waals surface area contributed by atoms with Crippen LogP contribution in [-0.2, 0) is 17.1 Å². The summed E-state index contributed by atoms with van der Waals surface area (Å²) in [5, 5.41) is 10.3. The second kappa shape index (κ2) is 6.61. The maximum Gasteiger partial charge on any atom is 0.423 e. The van der Waals surface area contributed by atoms with Gasteiger partial charge < -0.3 is 14.4 Å². The quantitative estimate of drug-likeness (QED) is 0.578. The zero-order valence-electron chi connectivity index (χ0n) is 15.2. The fraction of sp³-hybridized carbons (Fsp3) is 0.647. The molecule has 2 aromatic heterocycles. The van der Waals surface area contributed by atoms with E-state index >= 15 is 0 Å². The molecule has 1 unspecified atom stereocenters. The number of nitrogens with zero attached hydrogens (tertiary/aromatic N) is 3. The molecule has 9 heteroatoms. The van der Waals surface area contributed by atoms with Crippen molar-refractivity contribution >= 4 is 19.2 Å². The topological polar surface area (TPSA) is 60.2 Å². The summed E-state index contributed by atoms with van der Waals surface area (Å²) in [5.41, 5.74) is -2.59. The summed E-state index contributed by atoms with van der Waals surface area (Å²) in [7, 11) is -1.18. The fourth-order valence-corrected chi connectivity index (χ4v) is 3.63. The molecule has 2 aromatic rings. The van der Waals surface area contributed by atoms with Gasteiger partial charge in [-0.2, -0.15) is 13.2 Å². The molecule has 5 nitrogen and oxygen atoms in total. The summed E-state index contributed by atoms with van der Waals surface area (Å²) in [6.07, 6.45) is -1.39. The molecule has 1 fully saturated rings. The Balaban J connectivity index is 1.79. The Morgan fingerprint density at radius 1 is 1.31 bits per heavy atom. The Labute approximate surface area is 151 Å². The van der Waals surface area contributed by atoms with Crippen LogP contribution in [-0.4, -0.2) is 40.5 Å². The van der Waals surface area contributed by atoms with Crippen LogP contribution in [0.5, 0.6) is 0 Å². The number of hydrogen-bond acceptors (Lipinski definition) is 4. The molecular weight excluding hydrogens is 363 g/mol. The van der Waals surface area contributed by atoms with Gasteiger partial charge in [-0.25, -0.2) is 9.97 Å².